The van der Waals surface area contributed by atoms with E-state index in [2.05, 4.69) is 10.4 Å². The Labute approximate surface area is 116 Å². The van der Waals surface area contributed by atoms with Gasteiger partial charge in [-0.1, -0.05) is 12.1 Å². The third-order valence-corrected chi connectivity index (χ3v) is 2.86. The Hall–Kier alpha value is -1.79. The molecule has 1 N–H and O–H groups in total. The van der Waals surface area contributed by atoms with E-state index >= 15 is 0 Å². The number of hydrogen-bond acceptors (Lipinski definition) is 3. The summed E-state index contributed by atoms with van der Waals surface area (Å²) in [4.78, 5) is 0. The van der Waals surface area contributed by atoms with Crippen LogP contribution >= 0.6 is 0 Å². The molecule has 108 valence electrons. The molecule has 0 aliphatic heterocycles. The maximum Gasteiger partial charge on any atom is 0.163 e. The highest BCUT2D eigenvalue weighted by atomic mass is 19.2. The average Bonchev–Trinajstić information content (AvgIpc) is 2.88. The first-order chi connectivity index (χ1) is 9.70. The van der Waals surface area contributed by atoms with Crippen LogP contribution in [0.5, 0.6) is 0 Å². The maximum atomic E-state index is 13.5. The van der Waals surface area contributed by atoms with Gasteiger partial charge in [-0.25, -0.2) is 8.78 Å². The van der Waals surface area contributed by atoms with Crippen LogP contribution in [0, 0.1) is 11.6 Å². The zero-order valence-corrected chi connectivity index (χ0v) is 11.3. The number of methoxy groups -OCH3 is 1. The Morgan fingerprint density at radius 3 is 3.00 bits per heavy atom. The van der Waals surface area contributed by atoms with Crippen molar-refractivity contribution in [2.24, 2.45) is 0 Å². The van der Waals surface area contributed by atoms with Gasteiger partial charge in [0.25, 0.3) is 0 Å². The Morgan fingerprint density at radius 2 is 2.20 bits per heavy atom. The fourth-order valence-electron chi connectivity index (χ4n) is 1.84. The second kappa shape index (κ2) is 7.12. The number of nitrogens with zero attached hydrogens (tertiary/aromatic N) is 2. The van der Waals surface area contributed by atoms with E-state index in [-0.39, 0.29) is 12.1 Å². The molecule has 1 heterocycles. The van der Waals surface area contributed by atoms with E-state index in [1.54, 1.807) is 24.1 Å². The van der Waals surface area contributed by atoms with E-state index < -0.39 is 11.6 Å². The molecule has 0 unspecified atom stereocenters. The van der Waals surface area contributed by atoms with Crippen molar-refractivity contribution < 1.29 is 13.5 Å². The molecule has 0 radical (unpaired) electrons. The van der Waals surface area contributed by atoms with Gasteiger partial charge >= 0.3 is 0 Å². The molecule has 20 heavy (non-hydrogen) atoms. The van der Waals surface area contributed by atoms with Gasteiger partial charge in [0.05, 0.1) is 19.3 Å². The summed E-state index contributed by atoms with van der Waals surface area (Å²) in [6.45, 7) is 2.26. The van der Waals surface area contributed by atoms with Crippen LogP contribution in [0.25, 0.3) is 0 Å². The van der Waals surface area contributed by atoms with Crippen LogP contribution in [0.3, 0.4) is 0 Å². The van der Waals surface area contributed by atoms with E-state index in [4.69, 9.17) is 4.74 Å². The summed E-state index contributed by atoms with van der Waals surface area (Å²) >= 11 is 0. The van der Waals surface area contributed by atoms with Crippen molar-refractivity contribution in [2.45, 2.75) is 13.1 Å². The molecule has 1 aromatic carbocycles. The molecule has 2 aromatic rings. The van der Waals surface area contributed by atoms with Crippen molar-refractivity contribution in [3.8, 4) is 0 Å². The second-order valence-corrected chi connectivity index (χ2v) is 4.43. The second-order valence-electron chi connectivity index (χ2n) is 4.43. The van der Waals surface area contributed by atoms with Gasteiger partial charge in [0.1, 0.15) is 0 Å². The highest BCUT2D eigenvalue weighted by molar-refractivity contribution is 5.19. The zero-order chi connectivity index (χ0) is 14.4. The molecule has 0 bridgehead atoms. The van der Waals surface area contributed by atoms with E-state index in [0.29, 0.717) is 13.2 Å². The molecular formula is C14H17F2N3O. The summed E-state index contributed by atoms with van der Waals surface area (Å²) in [7, 11) is 1.65. The van der Waals surface area contributed by atoms with Gasteiger partial charge in [-0.15, -0.1) is 0 Å². The Balaban J connectivity index is 1.94. The van der Waals surface area contributed by atoms with Gasteiger partial charge in [-0.3, -0.25) is 4.68 Å². The van der Waals surface area contributed by atoms with Gasteiger partial charge in [0.15, 0.2) is 11.6 Å². The Morgan fingerprint density at radius 1 is 1.35 bits per heavy atom. The SMILES string of the molecule is COCCNCc1cnn(Cc2cccc(F)c2F)c1. The Kier molecular flexibility index (Phi) is 5.20. The van der Waals surface area contributed by atoms with Crippen LogP contribution in [0.1, 0.15) is 11.1 Å². The van der Waals surface area contributed by atoms with Crippen molar-refractivity contribution in [1.29, 1.82) is 0 Å². The minimum absolute atomic E-state index is 0.210. The topological polar surface area (TPSA) is 39.1 Å². The van der Waals surface area contributed by atoms with Crippen LogP contribution in [-0.2, 0) is 17.8 Å². The summed E-state index contributed by atoms with van der Waals surface area (Å²) in [6, 6.07) is 4.15. The highest BCUT2D eigenvalue weighted by Gasteiger charge is 2.08. The summed E-state index contributed by atoms with van der Waals surface area (Å²) in [5, 5.41) is 7.33. The van der Waals surface area contributed by atoms with Crippen LogP contribution in [0.2, 0.25) is 0 Å². The van der Waals surface area contributed by atoms with Gasteiger partial charge in [0.2, 0.25) is 0 Å². The van der Waals surface area contributed by atoms with E-state index in [9.17, 15) is 8.78 Å². The van der Waals surface area contributed by atoms with Gasteiger partial charge < -0.3 is 10.1 Å². The quantitative estimate of drug-likeness (QED) is 0.788. The monoisotopic (exact) mass is 281 g/mol. The van der Waals surface area contributed by atoms with Crippen molar-refractivity contribution in [3.05, 3.63) is 53.4 Å². The molecule has 0 fully saturated rings. The molecular weight excluding hydrogens is 264 g/mol. The first kappa shape index (κ1) is 14.6. The van der Waals surface area contributed by atoms with Gasteiger partial charge in [-0.2, -0.15) is 5.10 Å². The lowest BCUT2D eigenvalue weighted by molar-refractivity contribution is 0.199. The summed E-state index contributed by atoms with van der Waals surface area (Å²) in [5.74, 6) is -1.65. The van der Waals surface area contributed by atoms with Gasteiger partial charge in [-0.05, 0) is 6.07 Å². The minimum Gasteiger partial charge on any atom is -0.383 e. The number of nitrogens with one attached hydrogen (secondary N) is 1. The molecule has 0 aliphatic rings. The van der Waals surface area contributed by atoms with E-state index in [1.807, 2.05) is 6.20 Å². The first-order valence-corrected chi connectivity index (χ1v) is 6.34. The number of benzene rings is 1. The largest absolute Gasteiger partial charge is 0.383 e. The fourth-order valence-corrected chi connectivity index (χ4v) is 1.84. The smallest absolute Gasteiger partial charge is 0.163 e. The van der Waals surface area contributed by atoms with Crippen molar-refractivity contribution in [2.75, 3.05) is 20.3 Å². The number of halogens is 2. The van der Waals surface area contributed by atoms with Crippen molar-refractivity contribution in [1.82, 2.24) is 15.1 Å². The van der Waals surface area contributed by atoms with Gasteiger partial charge in [0, 0.05) is 37.5 Å². The third kappa shape index (κ3) is 3.85. The molecule has 6 heteroatoms. The predicted octanol–water partition coefficient (Wildman–Crippen LogP) is 1.95. The fraction of sp³-hybridized carbons (Fsp3) is 0.357. The molecule has 0 saturated heterocycles. The lowest BCUT2D eigenvalue weighted by Gasteiger charge is -2.04. The summed E-state index contributed by atoms with van der Waals surface area (Å²) in [6.07, 6.45) is 3.52. The molecule has 0 spiro atoms. The van der Waals surface area contributed by atoms with E-state index in [0.717, 1.165) is 18.2 Å². The number of hydrogen-bond donors (Lipinski definition) is 1. The van der Waals surface area contributed by atoms with E-state index in [1.165, 1.54) is 6.07 Å². The lowest BCUT2D eigenvalue weighted by atomic mass is 10.2. The number of ether oxygens (including phenoxy) is 1. The molecule has 1 aromatic heterocycles. The first-order valence-electron chi connectivity index (χ1n) is 6.34. The molecule has 0 aliphatic carbocycles. The Bertz CT molecular complexity index is 557. The normalized spacial score (nSPS) is 10.9. The summed E-state index contributed by atoms with van der Waals surface area (Å²) in [5.41, 5.74) is 1.27. The molecule has 0 atom stereocenters. The molecule has 0 amide bonds. The average molecular weight is 281 g/mol. The van der Waals surface area contributed by atoms with Crippen LogP contribution in [0.15, 0.2) is 30.6 Å². The standard InChI is InChI=1S/C14H17F2N3O/c1-20-6-5-17-7-11-8-18-19(9-11)10-12-3-2-4-13(15)14(12)16/h2-4,8-9,17H,5-7,10H2,1H3. The van der Waals surface area contributed by atoms with Crippen LogP contribution in [0.4, 0.5) is 8.78 Å². The third-order valence-electron chi connectivity index (χ3n) is 2.86. The maximum absolute atomic E-state index is 13.5. The van der Waals surface area contributed by atoms with Crippen molar-refractivity contribution in [3.63, 3.8) is 0 Å². The highest BCUT2D eigenvalue weighted by Crippen LogP contribution is 2.12. The zero-order valence-electron chi connectivity index (χ0n) is 11.3. The van der Waals surface area contributed by atoms with Crippen molar-refractivity contribution >= 4 is 0 Å². The number of aromatic nitrogens is 2. The lowest BCUT2D eigenvalue weighted by Crippen LogP contribution is -2.18. The van der Waals surface area contributed by atoms with Crippen LogP contribution in [-0.4, -0.2) is 30.0 Å². The molecule has 4 nitrogen and oxygen atoms in total. The summed E-state index contributed by atoms with van der Waals surface area (Å²) < 4.78 is 33.2. The minimum atomic E-state index is -0.837. The molecule has 2 rings (SSSR count). The molecule has 0 saturated carbocycles. The number of rotatable bonds is 7. The van der Waals surface area contributed by atoms with Crippen LogP contribution < -0.4 is 5.32 Å². The predicted molar refractivity (Wildman–Crippen MR) is 71.3 cm³/mol.